The summed E-state index contributed by atoms with van der Waals surface area (Å²) < 4.78 is 0. The van der Waals surface area contributed by atoms with Gasteiger partial charge in [-0.3, -0.25) is 0 Å². The van der Waals surface area contributed by atoms with Gasteiger partial charge in [0, 0.05) is 19.3 Å². The average Bonchev–Trinajstić information content (AvgIpc) is 2.18. The summed E-state index contributed by atoms with van der Waals surface area (Å²) in [4.78, 5) is 2.04. The van der Waals surface area contributed by atoms with Crippen LogP contribution in [0.2, 0.25) is 0 Å². The van der Waals surface area contributed by atoms with E-state index >= 15 is 0 Å². The smallest absolute Gasteiger partial charge is 0.0568 e. The molecule has 0 aliphatic carbocycles. The summed E-state index contributed by atoms with van der Waals surface area (Å²) in [6.45, 7) is 2.58. The maximum Gasteiger partial charge on any atom is 0.0568 e. The molecule has 5 N–H and O–H groups in total. The van der Waals surface area contributed by atoms with Gasteiger partial charge in [-0.15, -0.1) is 0 Å². The molecular formula is C11H19N3O. The Kier molecular flexibility index (Phi) is 3.80. The highest BCUT2D eigenvalue weighted by atomic mass is 16.3. The van der Waals surface area contributed by atoms with E-state index in [1.807, 2.05) is 24.1 Å². The first-order chi connectivity index (χ1) is 7.00. The second kappa shape index (κ2) is 4.89. The number of rotatable bonds is 4. The number of nitrogens with zero attached hydrogens (tertiary/aromatic N) is 1. The monoisotopic (exact) mass is 209 g/mol. The van der Waals surface area contributed by atoms with E-state index in [2.05, 4.69) is 0 Å². The van der Waals surface area contributed by atoms with Gasteiger partial charge in [0.25, 0.3) is 0 Å². The molecule has 0 aliphatic rings. The second-order valence-electron chi connectivity index (χ2n) is 3.87. The van der Waals surface area contributed by atoms with Gasteiger partial charge in [0.1, 0.15) is 0 Å². The molecule has 4 nitrogen and oxygen atoms in total. The van der Waals surface area contributed by atoms with E-state index < -0.39 is 0 Å². The number of benzene rings is 1. The second-order valence-corrected chi connectivity index (χ2v) is 3.87. The van der Waals surface area contributed by atoms with E-state index in [1.165, 1.54) is 0 Å². The van der Waals surface area contributed by atoms with Crippen LogP contribution in [0.25, 0.3) is 0 Å². The summed E-state index contributed by atoms with van der Waals surface area (Å²) in [5.41, 5.74) is 13.6. The van der Waals surface area contributed by atoms with Crippen molar-refractivity contribution in [1.82, 2.24) is 0 Å². The van der Waals surface area contributed by atoms with Crippen LogP contribution < -0.4 is 16.4 Å². The average molecular weight is 209 g/mol. The Morgan fingerprint density at radius 3 is 2.53 bits per heavy atom. The van der Waals surface area contributed by atoms with Crippen LogP contribution in [0.5, 0.6) is 0 Å². The standard InChI is InChI=1S/C11H19N3O/c1-8(15)5-6-14(2)9-3-4-10(12)11(13)7-9/h3-4,7-8,15H,5-6,12-13H2,1-2H3. The fourth-order valence-corrected chi connectivity index (χ4v) is 1.31. The Morgan fingerprint density at radius 2 is 2.00 bits per heavy atom. The highest BCUT2D eigenvalue weighted by Gasteiger charge is 2.04. The number of hydrogen-bond donors (Lipinski definition) is 3. The summed E-state index contributed by atoms with van der Waals surface area (Å²) in [7, 11) is 1.97. The summed E-state index contributed by atoms with van der Waals surface area (Å²) in [6, 6.07) is 5.56. The van der Waals surface area contributed by atoms with E-state index in [9.17, 15) is 5.11 Å². The van der Waals surface area contributed by atoms with Crippen LogP contribution in [-0.4, -0.2) is 24.8 Å². The molecule has 84 valence electrons. The van der Waals surface area contributed by atoms with Gasteiger partial charge >= 0.3 is 0 Å². The van der Waals surface area contributed by atoms with E-state index in [0.29, 0.717) is 11.4 Å². The normalized spacial score (nSPS) is 12.5. The molecule has 15 heavy (non-hydrogen) atoms. The molecule has 0 amide bonds. The number of aliphatic hydroxyl groups excluding tert-OH is 1. The predicted molar refractivity (Wildman–Crippen MR) is 64.8 cm³/mol. The van der Waals surface area contributed by atoms with Gasteiger partial charge < -0.3 is 21.5 Å². The zero-order chi connectivity index (χ0) is 11.4. The first-order valence-electron chi connectivity index (χ1n) is 5.05. The first-order valence-corrected chi connectivity index (χ1v) is 5.05. The predicted octanol–water partition coefficient (Wildman–Crippen LogP) is 1.06. The molecule has 0 saturated carbocycles. The van der Waals surface area contributed by atoms with Crippen LogP contribution in [0.1, 0.15) is 13.3 Å². The Bertz CT molecular complexity index is 326. The van der Waals surface area contributed by atoms with E-state index in [0.717, 1.165) is 18.7 Å². The van der Waals surface area contributed by atoms with Crippen molar-refractivity contribution >= 4 is 17.1 Å². The van der Waals surface area contributed by atoms with Crippen LogP contribution in [-0.2, 0) is 0 Å². The lowest BCUT2D eigenvalue weighted by Gasteiger charge is -2.20. The van der Waals surface area contributed by atoms with Crippen LogP contribution in [0, 0.1) is 0 Å². The van der Waals surface area contributed by atoms with E-state index in [1.54, 1.807) is 13.0 Å². The minimum atomic E-state index is -0.279. The van der Waals surface area contributed by atoms with Gasteiger partial charge in [-0.25, -0.2) is 0 Å². The largest absolute Gasteiger partial charge is 0.397 e. The molecule has 0 bridgehead atoms. The number of hydrogen-bond acceptors (Lipinski definition) is 4. The fourth-order valence-electron chi connectivity index (χ4n) is 1.31. The maximum atomic E-state index is 9.18. The Hall–Kier alpha value is -1.42. The Labute approximate surface area is 90.5 Å². The van der Waals surface area contributed by atoms with Gasteiger partial charge in [-0.2, -0.15) is 0 Å². The minimum Gasteiger partial charge on any atom is -0.397 e. The number of anilines is 3. The summed E-state index contributed by atoms with van der Waals surface area (Å²) in [5, 5.41) is 9.18. The Morgan fingerprint density at radius 1 is 1.33 bits per heavy atom. The molecule has 0 aliphatic heterocycles. The highest BCUT2D eigenvalue weighted by molar-refractivity contribution is 5.69. The van der Waals surface area contributed by atoms with Gasteiger partial charge in [0.15, 0.2) is 0 Å². The molecule has 0 radical (unpaired) electrons. The third-order valence-corrected chi connectivity index (χ3v) is 2.39. The molecule has 0 heterocycles. The van der Waals surface area contributed by atoms with Crippen LogP contribution >= 0.6 is 0 Å². The molecule has 0 aromatic heterocycles. The van der Waals surface area contributed by atoms with Crippen LogP contribution in [0.15, 0.2) is 18.2 Å². The summed E-state index contributed by atoms with van der Waals surface area (Å²) >= 11 is 0. The molecular weight excluding hydrogens is 190 g/mol. The zero-order valence-corrected chi connectivity index (χ0v) is 9.27. The van der Waals surface area contributed by atoms with Gasteiger partial charge in [0.05, 0.1) is 17.5 Å². The van der Waals surface area contributed by atoms with Crippen molar-refractivity contribution in [2.75, 3.05) is 30.0 Å². The molecule has 0 fully saturated rings. The molecule has 1 aromatic rings. The molecule has 1 atom stereocenters. The molecule has 0 saturated heterocycles. The topological polar surface area (TPSA) is 75.5 Å². The lowest BCUT2D eigenvalue weighted by Crippen LogP contribution is -2.21. The lowest BCUT2D eigenvalue weighted by molar-refractivity contribution is 0.187. The quantitative estimate of drug-likeness (QED) is 0.648. The molecule has 1 unspecified atom stereocenters. The zero-order valence-electron chi connectivity index (χ0n) is 9.27. The number of nitrogen functional groups attached to an aromatic ring is 2. The first kappa shape index (κ1) is 11.7. The molecule has 1 rings (SSSR count). The van der Waals surface area contributed by atoms with Crippen LogP contribution in [0.4, 0.5) is 17.1 Å². The van der Waals surface area contributed by atoms with Gasteiger partial charge in [-0.05, 0) is 31.5 Å². The molecule has 1 aromatic carbocycles. The van der Waals surface area contributed by atoms with Crippen molar-refractivity contribution < 1.29 is 5.11 Å². The van der Waals surface area contributed by atoms with Crippen molar-refractivity contribution in [3.05, 3.63) is 18.2 Å². The summed E-state index contributed by atoms with van der Waals surface area (Å²) in [6.07, 6.45) is 0.458. The van der Waals surface area contributed by atoms with Crippen molar-refractivity contribution in [3.63, 3.8) is 0 Å². The number of nitrogens with two attached hydrogens (primary N) is 2. The van der Waals surface area contributed by atoms with Crippen molar-refractivity contribution in [2.45, 2.75) is 19.4 Å². The minimum absolute atomic E-state index is 0.279. The SMILES string of the molecule is CC(O)CCN(C)c1ccc(N)c(N)c1. The third-order valence-electron chi connectivity index (χ3n) is 2.39. The fraction of sp³-hybridized carbons (Fsp3) is 0.455. The van der Waals surface area contributed by atoms with Crippen molar-refractivity contribution in [3.8, 4) is 0 Å². The summed E-state index contributed by atoms with van der Waals surface area (Å²) in [5.74, 6) is 0. The highest BCUT2D eigenvalue weighted by Crippen LogP contribution is 2.22. The number of aliphatic hydroxyl groups is 1. The van der Waals surface area contributed by atoms with E-state index in [4.69, 9.17) is 11.5 Å². The van der Waals surface area contributed by atoms with Crippen LogP contribution in [0.3, 0.4) is 0 Å². The third kappa shape index (κ3) is 3.32. The van der Waals surface area contributed by atoms with Gasteiger partial charge in [-0.1, -0.05) is 0 Å². The molecule has 4 heteroatoms. The van der Waals surface area contributed by atoms with Crippen molar-refractivity contribution in [1.29, 1.82) is 0 Å². The lowest BCUT2D eigenvalue weighted by atomic mass is 10.2. The Balaban J connectivity index is 2.65. The van der Waals surface area contributed by atoms with Gasteiger partial charge in [0.2, 0.25) is 0 Å². The van der Waals surface area contributed by atoms with Crippen molar-refractivity contribution in [2.24, 2.45) is 0 Å². The van der Waals surface area contributed by atoms with E-state index in [-0.39, 0.29) is 6.10 Å². The maximum absolute atomic E-state index is 9.18. The molecule has 0 spiro atoms.